The molecule has 0 saturated heterocycles. The number of carbonyl (C=O) groups is 2. The zero-order valence-corrected chi connectivity index (χ0v) is 38.4. The Kier molecular flexibility index (Phi) is 21.2. The van der Waals surface area contributed by atoms with Crippen LogP contribution in [0.2, 0.25) is 0 Å². The third kappa shape index (κ3) is 15.2. The van der Waals surface area contributed by atoms with E-state index in [2.05, 4.69) is 88.5 Å². The van der Waals surface area contributed by atoms with E-state index in [-0.39, 0.29) is 38.4 Å². The summed E-state index contributed by atoms with van der Waals surface area (Å²) in [6.45, 7) is 18.1. The molecule has 0 spiro atoms. The zero-order chi connectivity index (χ0) is 44.2. The molecular weight excluding hydrogens is 761 g/mol. The van der Waals surface area contributed by atoms with Gasteiger partial charge in [-0.15, -0.1) is 0 Å². The fourth-order valence-corrected chi connectivity index (χ4v) is 9.15. The van der Waals surface area contributed by atoms with Gasteiger partial charge < -0.3 is 24.4 Å². The average molecular weight is 839 g/mol. The summed E-state index contributed by atoms with van der Waals surface area (Å²) in [4.78, 5) is 24.5. The number of aliphatic hydroxyl groups excluding tert-OH is 2. The summed E-state index contributed by atoms with van der Waals surface area (Å²) < 4.78 is 17.8. The van der Waals surface area contributed by atoms with Gasteiger partial charge in [0, 0.05) is 29.1 Å². The number of rotatable bonds is 27. The maximum atomic E-state index is 12.2. The molecule has 0 amide bonds. The molecule has 336 valence electrons. The van der Waals surface area contributed by atoms with E-state index in [0.29, 0.717) is 55.8 Å². The second-order valence-corrected chi connectivity index (χ2v) is 18.1. The number of hydrogen-bond donors (Lipinski definition) is 2. The lowest BCUT2D eigenvalue weighted by Crippen LogP contribution is -2.34. The second-order valence-electron chi connectivity index (χ2n) is 18.1. The molecule has 2 aromatic rings. The normalized spacial score (nSPS) is 19.2. The monoisotopic (exact) mass is 839 g/mol. The van der Waals surface area contributed by atoms with E-state index < -0.39 is 17.4 Å². The first-order chi connectivity index (χ1) is 29.5. The lowest BCUT2D eigenvalue weighted by atomic mass is 9.77. The fraction of sp³-hybridized carbons (Fsp3) is 0.593. The second kappa shape index (κ2) is 26.0. The minimum atomic E-state index is -0.607. The van der Waals surface area contributed by atoms with Gasteiger partial charge >= 0.3 is 11.9 Å². The van der Waals surface area contributed by atoms with Gasteiger partial charge in [-0.3, -0.25) is 0 Å². The van der Waals surface area contributed by atoms with E-state index in [1.165, 1.54) is 79.2 Å². The van der Waals surface area contributed by atoms with Crippen molar-refractivity contribution in [2.75, 3.05) is 33.0 Å². The molecule has 2 aliphatic carbocycles. The highest BCUT2D eigenvalue weighted by Crippen LogP contribution is 2.40. The summed E-state index contributed by atoms with van der Waals surface area (Å²) in [6, 6.07) is 16.2. The third-order valence-corrected chi connectivity index (χ3v) is 13.2. The number of esters is 2. The van der Waals surface area contributed by atoms with Crippen LogP contribution in [0, 0.1) is 17.3 Å². The Morgan fingerprint density at radius 1 is 0.738 bits per heavy atom. The van der Waals surface area contributed by atoms with Crippen molar-refractivity contribution in [3.05, 3.63) is 101 Å². The minimum absolute atomic E-state index is 0.0341. The van der Waals surface area contributed by atoms with Crippen molar-refractivity contribution in [3.8, 4) is 11.1 Å². The molecule has 61 heavy (non-hydrogen) atoms. The van der Waals surface area contributed by atoms with Gasteiger partial charge in [0.05, 0.1) is 32.5 Å². The van der Waals surface area contributed by atoms with E-state index in [9.17, 15) is 19.8 Å². The van der Waals surface area contributed by atoms with Crippen molar-refractivity contribution in [1.82, 2.24) is 0 Å². The molecule has 1 saturated carbocycles. The number of allylic oxidation sites excluding steroid dienone is 2. The Labute approximate surface area is 368 Å². The number of hydrogen-bond acceptors (Lipinski definition) is 7. The first-order valence-electron chi connectivity index (χ1n) is 23.6. The van der Waals surface area contributed by atoms with Gasteiger partial charge in [0.2, 0.25) is 0 Å². The lowest BCUT2D eigenvalue weighted by molar-refractivity contribution is -0.139. The van der Waals surface area contributed by atoms with Crippen LogP contribution in [0.3, 0.4) is 0 Å². The lowest BCUT2D eigenvalue weighted by Gasteiger charge is -2.35. The smallest absolute Gasteiger partial charge is 0.333 e. The van der Waals surface area contributed by atoms with Crippen molar-refractivity contribution in [3.63, 3.8) is 0 Å². The predicted molar refractivity (Wildman–Crippen MR) is 250 cm³/mol. The fourth-order valence-electron chi connectivity index (χ4n) is 9.15. The largest absolute Gasteiger partial charge is 0.462 e. The van der Waals surface area contributed by atoms with Crippen LogP contribution in [0.5, 0.6) is 0 Å². The van der Waals surface area contributed by atoms with Crippen LogP contribution < -0.4 is 0 Å². The van der Waals surface area contributed by atoms with Crippen LogP contribution in [-0.4, -0.2) is 61.3 Å². The number of unbranched alkanes of at least 4 members (excludes halogenated alkanes) is 3. The highest BCUT2D eigenvalue weighted by molar-refractivity contribution is 5.87. The molecule has 1 fully saturated rings. The molecule has 0 aliphatic heterocycles. The molecule has 0 bridgehead atoms. The van der Waals surface area contributed by atoms with E-state index in [0.717, 1.165) is 42.7 Å². The topological polar surface area (TPSA) is 102 Å². The molecule has 2 aromatic carbocycles. The first kappa shape index (κ1) is 49.9. The highest BCUT2D eigenvalue weighted by atomic mass is 16.5. The minimum Gasteiger partial charge on any atom is -0.462 e. The summed E-state index contributed by atoms with van der Waals surface area (Å²) in [6.07, 6.45) is 21.7. The predicted octanol–water partition coefficient (Wildman–Crippen LogP) is 12.4. The molecule has 7 heteroatoms. The molecule has 2 aliphatic rings. The molecule has 4 rings (SSSR count). The molecule has 0 heterocycles. The van der Waals surface area contributed by atoms with Gasteiger partial charge in [-0.1, -0.05) is 127 Å². The molecule has 2 N–H and O–H groups in total. The van der Waals surface area contributed by atoms with E-state index in [1.807, 2.05) is 0 Å². The summed E-state index contributed by atoms with van der Waals surface area (Å²) in [5.74, 6) is 0.746. The van der Waals surface area contributed by atoms with E-state index >= 15 is 0 Å². The molecule has 0 aromatic heterocycles. The first-order valence-corrected chi connectivity index (χ1v) is 23.6. The van der Waals surface area contributed by atoms with Crippen LogP contribution in [-0.2, 0) is 30.2 Å². The van der Waals surface area contributed by atoms with Gasteiger partial charge in [-0.2, -0.15) is 0 Å². The Hall–Kier alpha value is -3.78. The van der Waals surface area contributed by atoms with Crippen molar-refractivity contribution >= 4 is 17.5 Å². The van der Waals surface area contributed by atoms with E-state index in [1.54, 1.807) is 13.8 Å². The zero-order valence-electron chi connectivity index (χ0n) is 38.4. The van der Waals surface area contributed by atoms with Crippen molar-refractivity contribution in [1.29, 1.82) is 0 Å². The highest BCUT2D eigenvalue weighted by Gasteiger charge is 2.32. The average Bonchev–Trinajstić information content (AvgIpc) is 3.28. The maximum Gasteiger partial charge on any atom is 0.333 e. The van der Waals surface area contributed by atoms with Crippen molar-refractivity contribution in [2.45, 2.75) is 156 Å². The van der Waals surface area contributed by atoms with Gasteiger partial charge in [0.1, 0.15) is 0 Å². The van der Waals surface area contributed by atoms with E-state index in [4.69, 9.17) is 14.2 Å². The quantitative estimate of drug-likeness (QED) is 0.0525. The summed E-state index contributed by atoms with van der Waals surface area (Å²) in [5, 5.41) is 20.7. The van der Waals surface area contributed by atoms with Gasteiger partial charge in [-0.25, -0.2) is 9.59 Å². The number of benzene rings is 2. The van der Waals surface area contributed by atoms with Crippen LogP contribution in [0.15, 0.2) is 84.5 Å². The van der Waals surface area contributed by atoms with Crippen molar-refractivity contribution < 1.29 is 34.0 Å². The number of aryl methyl sites for hydroxylation is 1. The molecule has 2 atom stereocenters. The van der Waals surface area contributed by atoms with Crippen LogP contribution in [0.4, 0.5) is 0 Å². The summed E-state index contributed by atoms with van der Waals surface area (Å²) >= 11 is 0. The number of aliphatic hydroxyl groups is 2. The molecule has 2 unspecified atom stereocenters. The van der Waals surface area contributed by atoms with Gasteiger partial charge in [-0.05, 0) is 135 Å². The Balaban J connectivity index is 1.60. The standard InChI is InChI=1S/C54H78O7/c1-8-11-13-16-41-19-21-43(22-20-41)44-23-25-45(26-24-44)46-27-28-50(42(10-3)34-46)49-35-47(17-14-31-60-52(57)39(4)5)51(48(36-49)18-15-32-61-53(58)40(6)7)59-33-30-54(37-55,38-56)29-12-9-2/h23-28,34-36,41,43,47,51,55-56H,4,6,8-22,29-33,37-38H2,1-3,5,7H3. The third-order valence-electron chi connectivity index (χ3n) is 13.2. The summed E-state index contributed by atoms with van der Waals surface area (Å²) in [5.41, 5.74) is 8.73. The summed E-state index contributed by atoms with van der Waals surface area (Å²) in [7, 11) is 0. The maximum absolute atomic E-state index is 12.2. The number of ether oxygens (including phenoxy) is 3. The van der Waals surface area contributed by atoms with Crippen molar-refractivity contribution in [2.24, 2.45) is 17.3 Å². The van der Waals surface area contributed by atoms with Gasteiger partial charge in [0.25, 0.3) is 0 Å². The SMILES string of the molecule is C=C(C)C(=O)OCCCC1=CC(c2ccc(-c3ccc(C4CCC(CCCCC)CC4)cc3)cc2CC)=CC(CCCOC(=O)C(=C)C)C1OCCC(CO)(CO)CCCC. The van der Waals surface area contributed by atoms with Gasteiger partial charge in [0.15, 0.2) is 0 Å². The Morgan fingerprint density at radius 3 is 1.98 bits per heavy atom. The van der Waals surface area contributed by atoms with Crippen LogP contribution >= 0.6 is 0 Å². The van der Waals surface area contributed by atoms with Crippen LogP contribution in [0.1, 0.15) is 160 Å². The molecular formula is C54H78O7. The molecule has 0 radical (unpaired) electrons. The Morgan fingerprint density at radius 2 is 1.38 bits per heavy atom. The molecule has 7 nitrogen and oxygen atoms in total. The van der Waals surface area contributed by atoms with Crippen LogP contribution in [0.25, 0.3) is 16.7 Å². The number of carbonyl (C=O) groups excluding carboxylic acids is 2. The Bertz CT molecular complexity index is 1760.